The Balaban J connectivity index is 1.77. The van der Waals surface area contributed by atoms with Gasteiger partial charge in [-0.3, -0.25) is 4.79 Å². The molecule has 3 heterocycles. The van der Waals surface area contributed by atoms with E-state index in [1.165, 1.54) is 13.4 Å². The van der Waals surface area contributed by atoms with E-state index >= 15 is 0 Å². The van der Waals surface area contributed by atoms with Crippen molar-refractivity contribution in [3.63, 3.8) is 0 Å². The van der Waals surface area contributed by atoms with E-state index in [1.807, 2.05) is 6.92 Å². The quantitative estimate of drug-likeness (QED) is 0.695. The number of hydrogen-bond donors (Lipinski definition) is 1. The third-order valence-corrected chi connectivity index (χ3v) is 5.32. The van der Waals surface area contributed by atoms with Gasteiger partial charge < -0.3 is 24.1 Å². The number of morpholine rings is 1. The standard InChI is InChI=1S/C20H21ClN4O4/c1-11-8-14(15(27-3)9-13(11)21)24-19(26)16-12(2)29-20-17(16)18(22-10-23-20)25-4-6-28-7-5-25/h8-10H,4-7H2,1-3H3,(H,24,26). The fourth-order valence-corrected chi connectivity index (χ4v) is 3.59. The van der Waals surface area contributed by atoms with Crippen LogP contribution in [0.2, 0.25) is 5.02 Å². The molecule has 1 aliphatic rings. The van der Waals surface area contributed by atoms with Crippen LogP contribution in [-0.4, -0.2) is 49.3 Å². The molecule has 3 aromatic rings. The minimum absolute atomic E-state index is 0.328. The molecule has 1 saturated heterocycles. The predicted octanol–water partition coefficient (Wildman–Crippen LogP) is 3.59. The highest BCUT2D eigenvalue weighted by molar-refractivity contribution is 6.31. The number of halogens is 1. The average molecular weight is 417 g/mol. The number of carbonyl (C=O) groups is 1. The first-order valence-corrected chi connectivity index (χ1v) is 9.59. The van der Waals surface area contributed by atoms with Crippen LogP contribution in [0.3, 0.4) is 0 Å². The van der Waals surface area contributed by atoms with Crippen LogP contribution in [0, 0.1) is 13.8 Å². The highest BCUT2D eigenvalue weighted by Gasteiger charge is 2.26. The number of amides is 1. The van der Waals surface area contributed by atoms with Crippen LogP contribution in [0.1, 0.15) is 21.7 Å². The van der Waals surface area contributed by atoms with Crippen LogP contribution in [-0.2, 0) is 4.74 Å². The largest absolute Gasteiger partial charge is 0.495 e. The monoisotopic (exact) mass is 416 g/mol. The Kier molecular flexibility index (Phi) is 5.29. The number of carbonyl (C=O) groups excluding carboxylic acids is 1. The van der Waals surface area contributed by atoms with E-state index in [4.69, 9.17) is 25.5 Å². The number of aromatic nitrogens is 2. The number of aryl methyl sites for hydroxylation is 2. The van der Waals surface area contributed by atoms with Crippen molar-refractivity contribution in [3.8, 4) is 5.75 Å². The SMILES string of the molecule is COc1cc(Cl)c(C)cc1NC(=O)c1c(C)oc2ncnc(N3CCOCC3)c12. The summed E-state index contributed by atoms with van der Waals surface area (Å²) in [7, 11) is 1.53. The maximum Gasteiger partial charge on any atom is 0.260 e. The van der Waals surface area contributed by atoms with E-state index in [0.29, 0.717) is 71.0 Å². The van der Waals surface area contributed by atoms with Crippen LogP contribution in [0.15, 0.2) is 22.9 Å². The zero-order chi connectivity index (χ0) is 20.5. The second kappa shape index (κ2) is 7.88. The number of ether oxygens (including phenoxy) is 2. The molecule has 2 aromatic heterocycles. The topological polar surface area (TPSA) is 89.7 Å². The lowest BCUT2D eigenvalue weighted by Gasteiger charge is -2.28. The summed E-state index contributed by atoms with van der Waals surface area (Å²) < 4.78 is 16.6. The minimum Gasteiger partial charge on any atom is -0.495 e. The molecule has 0 aliphatic carbocycles. The van der Waals surface area contributed by atoms with Crippen molar-refractivity contribution in [1.29, 1.82) is 0 Å². The first kappa shape index (κ1) is 19.5. The lowest BCUT2D eigenvalue weighted by atomic mass is 10.1. The van der Waals surface area contributed by atoms with Gasteiger partial charge in [-0.1, -0.05) is 11.6 Å². The minimum atomic E-state index is -0.328. The molecule has 8 nitrogen and oxygen atoms in total. The number of methoxy groups -OCH3 is 1. The molecule has 1 aliphatic heterocycles. The van der Waals surface area contributed by atoms with Crippen LogP contribution >= 0.6 is 11.6 Å². The molecule has 1 fully saturated rings. The molecule has 29 heavy (non-hydrogen) atoms. The highest BCUT2D eigenvalue weighted by Crippen LogP contribution is 2.34. The van der Waals surface area contributed by atoms with Crippen molar-refractivity contribution >= 4 is 40.1 Å². The molecule has 0 bridgehead atoms. The van der Waals surface area contributed by atoms with Gasteiger partial charge in [0.15, 0.2) is 0 Å². The van der Waals surface area contributed by atoms with E-state index in [9.17, 15) is 4.79 Å². The molecule has 1 N–H and O–H groups in total. The fraction of sp³-hybridized carbons (Fsp3) is 0.350. The number of benzene rings is 1. The molecule has 1 amide bonds. The van der Waals surface area contributed by atoms with Gasteiger partial charge in [-0.2, -0.15) is 0 Å². The number of fused-ring (bicyclic) bond motifs is 1. The molecule has 0 saturated carbocycles. The molecular weight excluding hydrogens is 396 g/mol. The highest BCUT2D eigenvalue weighted by atomic mass is 35.5. The number of nitrogens with one attached hydrogen (secondary N) is 1. The Labute approximate surface area is 172 Å². The maximum atomic E-state index is 13.3. The zero-order valence-corrected chi connectivity index (χ0v) is 17.2. The summed E-state index contributed by atoms with van der Waals surface area (Å²) in [6.07, 6.45) is 1.45. The van der Waals surface area contributed by atoms with Gasteiger partial charge in [0.05, 0.1) is 37.0 Å². The van der Waals surface area contributed by atoms with E-state index in [1.54, 1.807) is 19.1 Å². The molecule has 0 atom stereocenters. The summed E-state index contributed by atoms with van der Waals surface area (Å²) in [5.41, 5.74) is 2.13. The van der Waals surface area contributed by atoms with E-state index in [0.717, 1.165) is 5.56 Å². The Morgan fingerprint density at radius 2 is 2.00 bits per heavy atom. The lowest BCUT2D eigenvalue weighted by molar-refractivity contribution is 0.102. The van der Waals surface area contributed by atoms with Gasteiger partial charge in [-0.15, -0.1) is 0 Å². The maximum absolute atomic E-state index is 13.3. The van der Waals surface area contributed by atoms with Crippen LogP contribution in [0.5, 0.6) is 5.75 Å². The fourth-order valence-electron chi connectivity index (χ4n) is 3.43. The Morgan fingerprint density at radius 1 is 1.24 bits per heavy atom. The second-order valence-corrected chi connectivity index (χ2v) is 7.17. The van der Waals surface area contributed by atoms with Crippen LogP contribution in [0.25, 0.3) is 11.1 Å². The molecule has 0 unspecified atom stereocenters. The molecule has 9 heteroatoms. The summed E-state index contributed by atoms with van der Waals surface area (Å²) >= 11 is 6.17. The van der Waals surface area contributed by atoms with Gasteiger partial charge in [0.25, 0.3) is 5.91 Å². The lowest BCUT2D eigenvalue weighted by Crippen LogP contribution is -2.37. The number of hydrogen-bond acceptors (Lipinski definition) is 7. The summed E-state index contributed by atoms with van der Waals surface area (Å²) in [6, 6.07) is 3.45. The van der Waals surface area contributed by atoms with Gasteiger partial charge in [0, 0.05) is 24.2 Å². The Hall–Kier alpha value is -2.84. The van der Waals surface area contributed by atoms with Gasteiger partial charge in [-0.25, -0.2) is 9.97 Å². The molecule has 1 aromatic carbocycles. The van der Waals surface area contributed by atoms with Crippen molar-refractivity contribution in [1.82, 2.24) is 9.97 Å². The Morgan fingerprint density at radius 3 is 2.72 bits per heavy atom. The first-order valence-electron chi connectivity index (χ1n) is 9.22. The van der Waals surface area contributed by atoms with Crippen LogP contribution in [0.4, 0.5) is 11.5 Å². The van der Waals surface area contributed by atoms with Crippen molar-refractivity contribution in [2.24, 2.45) is 0 Å². The number of anilines is 2. The number of nitrogens with zero attached hydrogens (tertiary/aromatic N) is 3. The van der Waals surface area contributed by atoms with Crippen molar-refractivity contribution in [2.45, 2.75) is 13.8 Å². The molecule has 152 valence electrons. The average Bonchev–Trinajstić information content (AvgIpc) is 3.07. The third kappa shape index (κ3) is 3.61. The first-order chi connectivity index (χ1) is 14.0. The predicted molar refractivity (Wildman–Crippen MR) is 110 cm³/mol. The van der Waals surface area contributed by atoms with Crippen molar-refractivity contribution < 1.29 is 18.7 Å². The summed E-state index contributed by atoms with van der Waals surface area (Å²) in [6.45, 7) is 6.17. The second-order valence-electron chi connectivity index (χ2n) is 6.77. The Bertz CT molecular complexity index is 1080. The number of furan rings is 1. The van der Waals surface area contributed by atoms with E-state index < -0.39 is 0 Å². The third-order valence-electron chi connectivity index (χ3n) is 4.91. The van der Waals surface area contributed by atoms with Gasteiger partial charge in [-0.05, 0) is 25.5 Å². The van der Waals surface area contributed by atoms with Crippen molar-refractivity contribution in [3.05, 3.63) is 40.4 Å². The number of rotatable bonds is 4. The molecule has 4 rings (SSSR count). The smallest absolute Gasteiger partial charge is 0.260 e. The van der Waals surface area contributed by atoms with Gasteiger partial charge >= 0.3 is 0 Å². The molecule has 0 spiro atoms. The van der Waals surface area contributed by atoms with Gasteiger partial charge in [0.2, 0.25) is 5.71 Å². The summed E-state index contributed by atoms with van der Waals surface area (Å²) in [5, 5.41) is 4.07. The molecule has 0 radical (unpaired) electrons. The van der Waals surface area contributed by atoms with Crippen molar-refractivity contribution in [2.75, 3.05) is 43.6 Å². The van der Waals surface area contributed by atoms with E-state index in [2.05, 4.69) is 20.2 Å². The van der Waals surface area contributed by atoms with E-state index in [-0.39, 0.29) is 5.91 Å². The summed E-state index contributed by atoms with van der Waals surface area (Å²) in [5.74, 6) is 1.28. The normalized spacial score (nSPS) is 14.3. The zero-order valence-electron chi connectivity index (χ0n) is 16.4. The van der Waals surface area contributed by atoms with Gasteiger partial charge in [0.1, 0.15) is 23.7 Å². The molecular formula is C20H21ClN4O4. The van der Waals surface area contributed by atoms with Crippen LogP contribution < -0.4 is 15.0 Å². The summed E-state index contributed by atoms with van der Waals surface area (Å²) in [4.78, 5) is 24.0.